The zero-order valence-corrected chi connectivity index (χ0v) is 13.1. The molecule has 0 saturated carbocycles. The van der Waals surface area contributed by atoms with Crippen LogP contribution in [-0.4, -0.2) is 23.9 Å². The second-order valence-electron chi connectivity index (χ2n) is 4.60. The Morgan fingerprint density at radius 1 is 1.47 bits per heavy atom. The normalized spacial score (nSPS) is 24.8. The Balaban J connectivity index is 1.68. The molecule has 2 aliphatic heterocycles. The van der Waals surface area contributed by atoms with Gasteiger partial charge in [0.25, 0.3) is 5.91 Å². The van der Waals surface area contributed by atoms with Crippen LogP contribution in [-0.2, 0) is 0 Å². The number of rotatable bonds is 2. The first kappa shape index (κ1) is 13.2. The van der Waals surface area contributed by atoms with Gasteiger partial charge in [0, 0.05) is 14.4 Å². The Hall–Kier alpha value is -0.820. The monoisotopic (exact) mass is 384 g/mol. The van der Waals surface area contributed by atoms with Gasteiger partial charge in [-0.3, -0.25) is 9.79 Å². The molecule has 1 aromatic carbocycles. The number of allylic oxidation sites excluding steroid dienone is 1. The summed E-state index contributed by atoms with van der Waals surface area (Å²) in [6, 6.07) is 7.62. The van der Waals surface area contributed by atoms with Gasteiger partial charge in [-0.2, -0.15) is 0 Å². The zero-order chi connectivity index (χ0) is 13.2. The molecule has 0 fully saturated rings. The highest BCUT2D eigenvalue weighted by Crippen LogP contribution is 2.38. The average Bonchev–Trinajstić information content (AvgIpc) is 2.80. The molecule has 2 atom stereocenters. The predicted molar refractivity (Wildman–Crippen MR) is 87.6 cm³/mol. The fraction of sp³-hybridized carbons (Fsp3) is 0.286. The smallest absolute Gasteiger partial charge is 0.256 e. The molecule has 98 valence electrons. The number of nitrogens with zero attached hydrogens (tertiary/aromatic N) is 1. The van der Waals surface area contributed by atoms with Crippen molar-refractivity contribution in [3.05, 3.63) is 44.5 Å². The Morgan fingerprint density at radius 3 is 3.16 bits per heavy atom. The lowest BCUT2D eigenvalue weighted by Crippen LogP contribution is -2.21. The van der Waals surface area contributed by atoms with Crippen molar-refractivity contribution in [3.63, 3.8) is 0 Å². The summed E-state index contributed by atoms with van der Waals surface area (Å²) in [6.45, 7) is 0.856. The zero-order valence-electron chi connectivity index (χ0n) is 10.2. The van der Waals surface area contributed by atoms with Crippen LogP contribution in [0.1, 0.15) is 16.8 Å². The number of carbonyl (C=O) groups is 1. The summed E-state index contributed by atoms with van der Waals surface area (Å²) in [4.78, 5) is 16.5. The Labute approximate surface area is 130 Å². The van der Waals surface area contributed by atoms with Gasteiger partial charge in [-0.15, -0.1) is 11.8 Å². The number of aliphatic imine (C=N–C) groups is 1. The second-order valence-corrected chi connectivity index (χ2v) is 7.13. The van der Waals surface area contributed by atoms with E-state index in [-0.39, 0.29) is 5.91 Å². The maximum absolute atomic E-state index is 12.2. The molecule has 0 aromatic heterocycles. The molecule has 3 rings (SSSR count). The fourth-order valence-corrected chi connectivity index (χ4v) is 4.04. The highest BCUT2D eigenvalue weighted by Gasteiger charge is 2.30. The molecule has 19 heavy (non-hydrogen) atoms. The van der Waals surface area contributed by atoms with E-state index in [4.69, 9.17) is 0 Å². The van der Waals surface area contributed by atoms with Crippen LogP contribution in [0, 0.1) is 9.49 Å². The molecule has 0 bridgehead atoms. The number of hydrogen-bond donors (Lipinski definition) is 1. The van der Waals surface area contributed by atoms with Crippen LogP contribution in [0.2, 0.25) is 0 Å². The van der Waals surface area contributed by atoms with Gasteiger partial charge >= 0.3 is 0 Å². The van der Waals surface area contributed by atoms with E-state index in [1.54, 1.807) is 11.8 Å². The van der Waals surface area contributed by atoms with Gasteiger partial charge in [-0.25, -0.2) is 0 Å². The first-order valence-electron chi connectivity index (χ1n) is 6.16. The van der Waals surface area contributed by atoms with E-state index in [0.29, 0.717) is 16.7 Å². The Morgan fingerprint density at radius 2 is 2.37 bits per heavy atom. The summed E-state index contributed by atoms with van der Waals surface area (Å²) < 4.78 is 1.07. The van der Waals surface area contributed by atoms with Crippen LogP contribution < -0.4 is 5.32 Å². The molecule has 0 aliphatic carbocycles. The van der Waals surface area contributed by atoms with E-state index in [1.807, 2.05) is 30.5 Å². The third-order valence-corrected chi connectivity index (χ3v) is 5.20. The van der Waals surface area contributed by atoms with E-state index in [9.17, 15) is 4.79 Å². The molecular formula is C14H13IN2OS. The van der Waals surface area contributed by atoms with Gasteiger partial charge < -0.3 is 5.32 Å². The van der Waals surface area contributed by atoms with Crippen molar-refractivity contribution in [3.8, 4) is 0 Å². The fourth-order valence-electron chi connectivity index (χ4n) is 2.24. The molecule has 1 amide bonds. The summed E-state index contributed by atoms with van der Waals surface area (Å²) in [5.74, 6) is 0.491. The van der Waals surface area contributed by atoms with Crippen LogP contribution in [0.3, 0.4) is 0 Å². The third-order valence-electron chi connectivity index (χ3n) is 3.24. The van der Waals surface area contributed by atoms with Crippen molar-refractivity contribution in [2.45, 2.75) is 11.7 Å². The Bertz CT molecular complexity index is 570. The van der Waals surface area contributed by atoms with Gasteiger partial charge in [0.15, 0.2) is 0 Å². The molecular weight excluding hydrogens is 371 g/mol. The summed E-state index contributed by atoms with van der Waals surface area (Å²) in [5, 5.41) is 4.48. The summed E-state index contributed by atoms with van der Waals surface area (Å²) in [6.07, 6.45) is 5.15. The topological polar surface area (TPSA) is 41.5 Å². The number of amides is 1. The quantitative estimate of drug-likeness (QED) is 0.797. The average molecular weight is 384 g/mol. The van der Waals surface area contributed by atoms with Crippen molar-refractivity contribution in [1.82, 2.24) is 5.32 Å². The first-order chi connectivity index (χ1) is 9.22. The molecule has 2 heterocycles. The van der Waals surface area contributed by atoms with Crippen molar-refractivity contribution in [2.24, 2.45) is 10.9 Å². The van der Waals surface area contributed by atoms with E-state index in [1.165, 1.54) is 0 Å². The molecule has 1 aromatic rings. The van der Waals surface area contributed by atoms with Crippen molar-refractivity contribution < 1.29 is 4.79 Å². The number of nitrogens with one attached hydrogen (secondary N) is 1. The largest absolute Gasteiger partial charge is 0.317 e. The predicted octanol–water partition coefficient (Wildman–Crippen LogP) is 3.07. The van der Waals surface area contributed by atoms with E-state index >= 15 is 0 Å². The summed E-state index contributed by atoms with van der Waals surface area (Å²) >= 11 is 3.95. The molecule has 0 spiro atoms. The SMILES string of the molecule is O=C(NC1=CC2CC=NCC2S1)c1cccc(I)c1. The molecule has 0 saturated heterocycles. The lowest BCUT2D eigenvalue weighted by atomic mass is 10.00. The number of halogens is 1. The minimum Gasteiger partial charge on any atom is -0.317 e. The van der Waals surface area contributed by atoms with E-state index < -0.39 is 0 Å². The Kier molecular flexibility index (Phi) is 3.93. The summed E-state index contributed by atoms with van der Waals surface area (Å²) in [7, 11) is 0. The van der Waals surface area contributed by atoms with Crippen LogP contribution in [0.4, 0.5) is 0 Å². The number of hydrogen-bond acceptors (Lipinski definition) is 3. The molecule has 3 nitrogen and oxygen atoms in total. The molecule has 1 N–H and O–H groups in total. The minimum atomic E-state index is -0.0307. The first-order valence-corrected chi connectivity index (χ1v) is 8.12. The molecule has 2 aliphatic rings. The van der Waals surface area contributed by atoms with Crippen LogP contribution in [0.5, 0.6) is 0 Å². The molecule has 5 heteroatoms. The van der Waals surface area contributed by atoms with Gasteiger partial charge in [0.05, 0.1) is 11.6 Å². The molecule has 2 unspecified atom stereocenters. The highest BCUT2D eigenvalue weighted by molar-refractivity contribution is 14.1. The lowest BCUT2D eigenvalue weighted by Gasteiger charge is -2.17. The maximum Gasteiger partial charge on any atom is 0.256 e. The highest BCUT2D eigenvalue weighted by atomic mass is 127. The van der Waals surface area contributed by atoms with Gasteiger partial charge in [0.2, 0.25) is 0 Å². The standard InChI is InChI=1S/C14H13IN2OS/c15-11-3-1-2-10(6-11)14(18)17-13-7-9-4-5-16-8-12(9)19-13/h1-3,5-7,9,12H,4,8H2,(H,17,18). The molecule has 0 radical (unpaired) electrons. The minimum absolute atomic E-state index is 0.0307. The van der Waals surface area contributed by atoms with Crippen LogP contribution >= 0.6 is 34.4 Å². The number of thioether (sulfide) groups is 1. The summed E-state index contributed by atoms with van der Waals surface area (Å²) in [5.41, 5.74) is 0.708. The number of fused-ring (bicyclic) bond motifs is 1. The van der Waals surface area contributed by atoms with Crippen molar-refractivity contribution in [1.29, 1.82) is 0 Å². The van der Waals surface area contributed by atoms with Gasteiger partial charge in [-0.05, 0) is 65.4 Å². The number of carbonyl (C=O) groups excluding carboxylic acids is 1. The number of benzene rings is 1. The maximum atomic E-state index is 12.2. The van der Waals surface area contributed by atoms with Gasteiger partial charge in [0.1, 0.15) is 0 Å². The lowest BCUT2D eigenvalue weighted by molar-refractivity contribution is 0.0968. The van der Waals surface area contributed by atoms with Crippen molar-refractivity contribution in [2.75, 3.05) is 6.54 Å². The van der Waals surface area contributed by atoms with Crippen molar-refractivity contribution >= 4 is 46.5 Å². The second kappa shape index (κ2) is 5.66. The van der Waals surface area contributed by atoms with Crippen LogP contribution in [0.25, 0.3) is 0 Å². The van der Waals surface area contributed by atoms with Gasteiger partial charge in [-0.1, -0.05) is 6.07 Å². The third kappa shape index (κ3) is 3.02. The van der Waals surface area contributed by atoms with E-state index in [0.717, 1.165) is 21.6 Å². The van der Waals surface area contributed by atoms with E-state index in [2.05, 4.69) is 39.0 Å². The van der Waals surface area contributed by atoms with Crippen LogP contribution in [0.15, 0.2) is 40.4 Å².